The molecule has 0 aromatic heterocycles. The van der Waals surface area contributed by atoms with E-state index in [4.69, 9.17) is 0 Å². The van der Waals surface area contributed by atoms with Gasteiger partial charge < -0.3 is 10.2 Å². The van der Waals surface area contributed by atoms with Gasteiger partial charge in [-0.1, -0.05) is 27.2 Å². The topological polar surface area (TPSA) is 15.3 Å². The van der Waals surface area contributed by atoms with Crippen molar-refractivity contribution in [3.63, 3.8) is 0 Å². The van der Waals surface area contributed by atoms with E-state index >= 15 is 0 Å². The highest BCUT2D eigenvalue weighted by Crippen LogP contribution is 2.26. The van der Waals surface area contributed by atoms with Crippen LogP contribution in [0.3, 0.4) is 0 Å². The lowest BCUT2D eigenvalue weighted by Gasteiger charge is -2.26. The largest absolute Gasteiger partial charge is 0.314 e. The van der Waals surface area contributed by atoms with E-state index in [1.54, 1.807) is 0 Å². The Labute approximate surface area is 102 Å². The number of hydrogen-bond acceptors (Lipinski definition) is 2. The summed E-state index contributed by atoms with van der Waals surface area (Å²) in [5.74, 6) is 1.72. The van der Waals surface area contributed by atoms with Crippen LogP contribution in [0.2, 0.25) is 0 Å². The summed E-state index contributed by atoms with van der Waals surface area (Å²) >= 11 is 0. The van der Waals surface area contributed by atoms with Crippen LogP contribution in [0.5, 0.6) is 0 Å². The predicted octanol–water partition coefficient (Wildman–Crippen LogP) is 2.74. The van der Waals surface area contributed by atoms with Gasteiger partial charge >= 0.3 is 0 Å². The van der Waals surface area contributed by atoms with Crippen molar-refractivity contribution >= 4 is 0 Å². The molecule has 0 aliphatic heterocycles. The van der Waals surface area contributed by atoms with Crippen molar-refractivity contribution < 1.29 is 0 Å². The van der Waals surface area contributed by atoms with Gasteiger partial charge in [0.1, 0.15) is 0 Å². The molecule has 0 saturated heterocycles. The van der Waals surface area contributed by atoms with Crippen LogP contribution in [0.4, 0.5) is 0 Å². The van der Waals surface area contributed by atoms with Crippen LogP contribution in [-0.2, 0) is 0 Å². The molecule has 2 heteroatoms. The molecule has 0 spiro atoms. The molecule has 1 aliphatic carbocycles. The lowest BCUT2D eigenvalue weighted by molar-refractivity contribution is 0.241. The van der Waals surface area contributed by atoms with Crippen LogP contribution in [0.1, 0.15) is 46.5 Å². The van der Waals surface area contributed by atoms with Crippen molar-refractivity contribution in [2.24, 2.45) is 11.8 Å². The molecular formula is C14H30N2. The Morgan fingerprint density at radius 1 is 1.31 bits per heavy atom. The molecule has 0 radical (unpaired) electrons. The van der Waals surface area contributed by atoms with Crippen LogP contribution >= 0.6 is 0 Å². The number of nitrogens with one attached hydrogen (secondary N) is 1. The van der Waals surface area contributed by atoms with Gasteiger partial charge in [-0.25, -0.2) is 0 Å². The molecule has 1 aliphatic rings. The summed E-state index contributed by atoms with van der Waals surface area (Å²) in [4.78, 5) is 2.53. The Balaban J connectivity index is 2.23. The molecule has 0 aromatic rings. The second-order valence-corrected chi connectivity index (χ2v) is 5.80. The van der Waals surface area contributed by atoms with Crippen LogP contribution in [0, 0.1) is 11.8 Å². The summed E-state index contributed by atoms with van der Waals surface area (Å²) in [6.45, 7) is 10.5. The number of rotatable bonds is 7. The first kappa shape index (κ1) is 14.0. The first-order chi connectivity index (χ1) is 7.63. The highest BCUT2D eigenvalue weighted by molar-refractivity contribution is 4.84. The van der Waals surface area contributed by atoms with Crippen LogP contribution in [0.25, 0.3) is 0 Å². The van der Waals surface area contributed by atoms with Gasteiger partial charge in [0.05, 0.1) is 0 Å². The molecule has 1 N–H and O–H groups in total. The van der Waals surface area contributed by atoms with Crippen molar-refractivity contribution in [2.75, 3.05) is 26.7 Å². The van der Waals surface area contributed by atoms with E-state index in [0.29, 0.717) is 0 Å². The lowest BCUT2D eigenvalue weighted by Crippen LogP contribution is -2.38. The van der Waals surface area contributed by atoms with Crippen molar-refractivity contribution in [2.45, 2.75) is 52.5 Å². The summed E-state index contributed by atoms with van der Waals surface area (Å²) in [7, 11) is 2.28. The lowest BCUT2D eigenvalue weighted by atomic mass is 10.0. The van der Waals surface area contributed by atoms with Crippen LogP contribution in [0.15, 0.2) is 0 Å². The fourth-order valence-electron chi connectivity index (χ4n) is 2.76. The third-order valence-corrected chi connectivity index (χ3v) is 3.76. The Morgan fingerprint density at radius 2 is 2.06 bits per heavy atom. The minimum Gasteiger partial charge on any atom is -0.314 e. The highest BCUT2D eigenvalue weighted by atomic mass is 15.1. The van der Waals surface area contributed by atoms with Gasteiger partial charge in [-0.05, 0) is 51.2 Å². The molecule has 2 atom stereocenters. The Kier molecular flexibility index (Phi) is 6.37. The molecule has 2 unspecified atom stereocenters. The molecule has 16 heavy (non-hydrogen) atoms. The van der Waals surface area contributed by atoms with E-state index < -0.39 is 0 Å². The van der Waals surface area contributed by atoms with E-state index in [-0.39, 0.29) is 0 Å². The summed E-state index contributed by atoms with van der Waals surface area (Å²) < 4.78 is 0. The van der Waals surface area contributed by atoms with Gasteiger partial charge in [-0.3, -0.25) is 0 Å². The van der Waals surface area contributed by atoms with Crippen molar-refractivity contribution in [1.82, 2.24) is 10.2 Å². The first-order valence-electron chi connectivity index (χ1n) is 7.05. The maximum absolute atomic E-state index is 3.64. The van der Waals surface area contributed by atoms with E-state index in [1.807, 2.05) is 0 Å². The highest BCUT2D eigenvalue weighted by Gasteiger charge is 2.26. The zero-order valence-corrected chi connectivity index (χ0v) is 11.6. The second-order valence-electron chi connectivity index (χ2n) is 5.80. The number of nitrogens with zero attached hydrogens (tertiary/aromatic N) is 1. The molecule has 96 valence electrons. The molecule has 1 saturated carbocycles. The zero-order chi connectivity index (χ0) is 12.0. The average Bonchev–Trinajstić information content (AvgIpc) is 2.63. The van der Waals surface area contributed by atoms with Crippen molar-refractivity contribution in [3.05, 3.63) is 0 Å². The summed E-state index contributed by atoms with van der Waals surface area (Å²) in [5, 5.41) is 3.64. The standard InChI is InChI=1S/C14H30N2/c1-5-15-14-8-6-7-13(14)11-16(4)10-9-12(2)3/h12-15H,5-11H2,1-4H3. The van der Waals surface area contributed by atoms with Crippen molar-refractivity contribution in [3.8, 4) is 0 Å². The minimum absolute atomic E-state index is 0.784. The molecular weight excluding hydrogens is 196 g/mol. The first-order valence-corrected chi connectivity index (χ1v) is 7.05. The fourth-order valence-corrected chi connectivity index (χ4v) is 2.76. The molecule has 1 fully saturated rings. The third kappa shape index (κ3) is 4.84. The molecule has 2 nitrogen and oxygen atoms in total. The third-order valence-electron chi connectivity index (χ3n) is 3.76. The van der Waals surface area contributed by atoms with Gasteiger partial charge in [0.15, 0.2) is 0 Å². The minimum atomic E-state index is 0.784. The predicted molar refractivity (Wildman–Crippen MR) is 71.8 cm³/mol. The zero-order valence-electron chi connectivity index (χ0n) is 11.6. The molecule has 0 amide bonds. The number of hydrogen-bond donors (Lipinski definition) is 1. The summed E-state index contributed by atoms with van der Waals surface area (Å²) in [6.07, 6.45) is 5.55. The Hall–Kier alpha value is -0.0800. The van der Waals surface area contributed by atoms with Crippen LogP contribution < -0.4 is 5.32 Å². The SMILES string of the molecule is CCNC1CCCC1CN(C)CCC(C)C. The maximum Gasteiger partial charge on any atom is 0.0107 e. The summed E-state index contributed by atoms with van der Waals surface area (Å²) in [6, 6.07) is 0.784. The summed E-state index contributed by atoms with van der Waals surface area (Å²) in [5.41, 5.74) is 0. The molecule has 0 heterocycles. The second kappa shape index (κ2) is 7.29. The average molecular weight is 226 g/mol. The quantitative estimate of drug-likeness (QED) is 0.718. The van der Waals surface area contributed by atoms with Crippen molar-refractivity contribution in [1.29, 1.82) is 0 Å². The van der Waals surface area contributed by atoms with Gasteiger partial charge in [-0.15, -0.1) is 0 Å². The Bertz CT molecular complexity index is 180. The normalized spacial score (nSPS) is 25.9. The van der Waals surface area contributed by atoms with Gasteiger partial charge in [0, 0.05) is 12.6 Å². The molecule has 0 aromatic carbocycles. The van der Waals surface area contributed by atoms with E-state index in [9.17, 15) is 0 Å². The van der Waals surface area contributed by atoms with Gasteiger partial charge in [0.2, 0.25) is 0 Å². The molecule has 0 bridgehead atoms. The van der Waals surface area contributed by atoms with E-state index in [2.05, 4.69) is 38.0 Å². The van der Waals surface area contributed by atoms with Gasteiger partial charge in [-0.2, -0.15) is 0 Å². The molecule has 1 rings (SSSR count). The fraction of sp³-hybridized carbons (Fsp3) is 1.00. The van der Waals surface area contributed by atoms with Crippen LogP contribution in [-0.4, -0.2) is 37.6 Å². The van der Waals surface area contributed by atoms with E-state index in [1.165, 1.54) is 38.8 Å². The van der Waals surface area contributed by atoms with Gasteiger partial charge in [0.25, 0.3) is 0 Å². The maximum atomic E-state index is 3.64. The van der Waals surface area contributed by atoms with E-state index in [0.717, 1.165) is 24.4 Å². The smallest absolute Gasteiger partial charge is 0.0107 e. The Morgan fingerprint density at radius 3 is 2.69 bits per heavy atom. The monoisotopic (exact) mass is 226 g/mol.